The largest absolute Gasteiger partial charge is 0.493 e. The van der Waals surface area contributed by atoms with Crippen LogP contribution in [0.15, 0.2) is 53.4 Å². The van der Waals surface area contributed by atoms with Crippen molar-refractivity contribution in [3.63, 3.8) is 0 Å². The quantitative estimate of drug-likeness (QED) is 0.371. The van der Waals surface area contributed by atoms with E-state index in [1.54, 1.807) is 50.6 Å². The van der Waals surface area contributed by atoms with E-state index in [4.69, 9.17) is 14.2 Å². The van der Waals surface area contributed by atoms with E-state index in [-0.39, 0.29) is 13.1 Å². The van der Waals surface area contributed by atoms with Crippen molar-refractivity contribution in [1.82, 2.24) is 4.31 Å². The minimum Gasteiger partial charge on any atom is -0.493 e. The van der Waals surface area contributed by atoms with E-state index in [9.17, 15) is 13.2 Å². The monoisotopic (exact) mass is 511 g/mol. The van der Waals surface area contributed by atoms with Gasteiger partial charge in [-0.15, -0.1) is 0 Å². The lowest BCUT2D eigenvalue weighted by atomic mass is 10.0. The molecule has 0 aliphatic rings. The molecule has 7 nitrogen and oxygen atoms in total. The molecule has 3 aromatic carbocycles. The molecular formula is C28H33NO6S. The molecule has 192 valence electrons. The van der Waals surface area contributed by atoms with E-state index >= 15 is 0 Å². The second-order valence-corrected chi connectivity index (χ2v) is 10.6. The first-order chi connectivity index (χ1) is 17.0. The molecule has 0 heterocycles. The summed E-state index contributed by atoms with van der Waals surface area (Å²) in [6.45, 7) is 7.76. The second-order valence-electron chi connectivity index (χ2n) is 8.74. The van der Waals surface area contributed by atoms with E-state index in [0.29, 0.717) is 22.0 Å². The third-order valence-electron chi connectivity index (χ3n) is 6.44. The van der Waals surface area contributed by atoms with Gasteiger partial charge >= 0.3 is 5.97 Å². The van der Waals surface area contributed by atoms with Crippen molar-refractivity contribution in [1.29, 1.82) is 0 Å². The zero-order chi connectivity index (χ0) is 26.6. The number of nitrogens with zero attached hydrogens (tertiary/aromatic N) is 1. The number of ether oxygens (including phenoxy) is 3. The Labute approximate surface area is 213 Å². The fraction of sp³-hybridized carbons (Fsp3) is 0.321. The first-order valence-electron chi connectivity index (χ1n) is 11.5. The van der Waals surface area contributed by atoms with Crippen LogP contribution in [-0.2, 0) is 27.8 Å². The first kappa shape index (κ1) is 27.2. The van der Waals surface area contributed by atoms with Gasteiger partial charge < -0.3 is 14.2 Å². The molecule has 0 aromatic heterocycles. The Morgan fingerprint density at radius 1 is 0.750 bits per heavy atom. The maximum absolute atomic E-state index is 14.2. The topological polar surface area (TPSA) is 82.1 Å². The van der Waals surface area contributed by atoms with Gasteiger partial charge in [0.2, 0.25) is 10.0 Å². The summed E-state index contributed by atoms with van der Waals surface area (Å²) in [7, 11) is 0.517. The van der Waals surface area contributed by atoms with Crippen LogP contribution in [0.3, 0.4) is 0 Å². The maximum Gasteiger partial charge on any atom is 0.337 e. The van der Waals surface area contributed by atoms with Gasteiger partial charge in [0.05, 0.1) is 31.8 Å². The molecule has 0 amide bonds. The second kappa shape index (κ2) is 11.1. The predicted molar refractivity (Wildman–Crippen MR) is 139 cm³/mol. The minimum atomic E-state index is -3.90. The van der Waals surface area contributed by atoms with E-state index in [1.807, 2.05) is 39.8 Å². The van der Waals surface area contributed by atoms with Gasteiger partial charge in [-0.1, -0.05) is 24.3 Å². The van der Waals surface area contributed by atoms with Crippen LogP contribution in [0.25, 0.3) is 0 Å². The molecule has 3 aromatic rings. The van der Waals surface area contributed by atoms with Gasteiger partial charge in [0, 0.05) is 13.1 Å². The van der Waals surface area contributed by atoms with Crippen LogP contribution in [0.2, 0.25) is 0 Å². The molecule has 0 bridgehead atoms. The van der Waals surface area contributed by atoms with Crippen LogP contribution in [0, 0.1) is 27.7 Å². The van der Waals surface area contributed by atoms with E-state index in [2.05, 4.69) is 0 Å². The summed E-state index contributed by atoms with van der Waals surface area (Å²) in [5.41, 5.74) is 5.20. The summed E-state index contributed by atoms with van der Waals surface area (Å²) in [6, 6.07) is 14.1. The zero-order valence-corrected chi connectivity index (χ0v) is 22.7. The predicted octanol–water partition coefficient (Wildman–Crippen LogP) is 5.12. The number of sulfonamides is 1. The van der Waals surface area contributed by atoms with Gasteiger partial charge in [-0.05, 0) is 85.3 Å². The van der Waals surface area contributed by atoms with Gasteiger partial charge in [0.1, 0.15) is 0 Å². The Kier molecular flexibility index (Phi) is 8.43. The lowest BCUT2D eigenvalue weighted by Gasteiger charge is -2.26. The Hall–Kier alpha value is -3.36. The van der Waals surface area contributed by atoms with Crippen molar-refractivity contribution in [2.75, 3.05) is 21.3 Å². The highest BCUT2D eigenvalue weighted by atomic mass is 32.2. The van der Waals surface area contributed by atoms with Crippen molar-refractivity contribution in [3.05, 3.63) is 87.5 Å². The number of hydrogen-bond acceptors (Lipinski definition) is 6. The van der Waals surface area contributed by atoms with Crippen molar-refractivity contribution in [3.8, 4) is 11.5 Å². The Bertz CT molecular complexity index is 1340. The van der Waals surface area contributed by atoms with Crippen LogP contribution in [0.4, 0.5) is 0 Å². The number of methoxy groups -OCH3 is 3. The summed E-state index contributed by atoms with van der Waals surface area (Å²) in [6.07, 6.45) is 0. The molecule has 0 saturated heterocycles. The van der Waals surface area contributed by atoms with Crippen LogP contribution in [0.5, 0.6) is 11.5 Å². The SMILES string of the molecule is COC(=O)c1ccc(CN(Cc2ccc(OC)c(OC)c2)S(=O)(=O)c2c(C)c(C)cc(C)c2C)cc1. The molecule has 0 spiro atoms. The van der Waals surface area contributed by atoms with Gasteiger partial charge in [-0.2, -0.15) is 4.31 Å². The van der Waals surface area contributed by atoms with Crippen LogP contribution >= 0.6 is 0 Å². The highest BCUT2D eigenvalue weighted by molar-refractivity contribution is 7.89. The van der Waals surface area contributed by atoms with Crippen molar-refractivity contribution >= 4 is 16.0 Å². The molecule has 0 aliphatic heterocycles. The summed E-state index contributed by atoms with van der Waals surface area (Å²) >= 11 is 0. The number of carbonyl (C=O) groups excluding carboxylic acids is 1. The van der Waals surface area contributed by atoms with Crippen molar-refractivity contribution in [2.24, 2.45) is 0 Å². The third-order valence-corrected chi connectivity index (χ3v) is 8.50. The number of aryl methyl sites for hydroxylation is 2. The minimum absolute atomic E-state index is 0.115. The number of hydrogen-bond donors (Lipinski definition) is 0. The first-order valence-corrected chi connectivity index (χ1v) is 12.9. The number of esters is 1. The Morgan fingerprint density at radius 2 is 1.28 bits per heavy atom. The highest BCUT2D eigenvalue weighted by Gasteiger charge is 2.30. The fourth-order valence-corrected chi connectivity index (χ4v) is 6.17. The van der Waals surface area contributed by atoms with Gasteiger partial charge in [-0.25, -0.2) is 13.2 Å². The van der Waals surface area contributed by atoms with E-state index < -0.39 is 16.0 Å². The Balaban J connectivity index is 2.10. The smallest absolute Gasteiger partial charge is 0.337 e. The molecule has 0 saturated carbocycles. The molecular weight excluding hydrogens is 478 g/mol. The van der Waals surface area contributed by atoms with Crippen LogP contribution in [0.1, 0.15) is 43.7 Å². The van der Waals surface area contributed by atoms with E-state index in [1.165, 1.54) is 11.4 Å². The maximum atomic E-state index is 14.2. The van der Waals surface area contributed by atoms with Gasteiger partial charge in [0.25, 0.3) is 0 Å². The standard InChI is InChI=1S/C28H33NO6S/c1-18-14-19(2)21(4)27(20(18)3)36(31,32)29(16-22-8-11-24(12-9-22)28(30)35-7)17-23-10-13-25(33-5)26(15-23)34-6/h8-15H,16-17H2,1-7H3. The zero-order valence-electron chi connectivity index (χ0n) is 21.8. The van der Waals surface area contributed by atoms with E-state index in [0.717, 1.165) is 33.4 Å². The summed E-state index contributed by atoms with van der Waals surface area (Å²) in [5.74, 6) is 0.640. The van der Waals surface area contributed by atoms with Gasteiger partial charge in [0.15, 0.2) is 11.5 Å². The van der Waals surface area contributed by atoms with Crippen LogP contribution < -0.4 is 9.47 Å². The normalized spacial score (nSPS) is 11.4. The molecule has 0 fully saturated rings. The molecule has 8 heteroatoms. The lowest BCUT2D eigenvalue weighted by Crippen LogP contribution is -2.31. The molecule has 0 unspecified atom stereocenters. The molecule has 3 rings (SSSR count). The molecule has 0 aliphatic carbocycles. The molecule has 0 atom stereocenters. The number of benzene rings is 3. The van der Waals surface area contributed by atoms with Gasteiger partial charge in [-0.3, -0.25) is 0 Å². The van der Waals surface area contributed by atoms with Crippen molar-refractivity contribution < 1.29 is 27.4 Å². The third kappa shape index (κ3) is 5.55. The molecule has 0 N–H and O–H groups in total. The fourth-order valence-electron chi connectivity index (χ4n) is 4.17. The Morgan fingerprint density at radius 3 is 1.81 bits per heavy atom. The summed E-state index contributed by atoms with van der Waals surface area (Å²) in [5, 5.41) is 0. The number of rotatable bonds is 9. The lowest BCUT2D eigenvalue weighted by molar-refractivity contribution is 0.0600. The summed E-state index contributed by atoms with van der Waals surface area (Å²) in [4.78, 5) is 12.2. The van der Waals surface area contributed by atoms with Crippen LogP contribution in [-0.4, -0.2) is 40.0 Å². The number of carbonyl (C=O) groups is 1. The average molecular weight is 512 g/mol. The average Bonchev–Trinajstić information content (AvgIpc) is 2.87. The molecule has 36 heavy (non-hydrogen) atoms. The molecule has 0 radical (unpaired) electrons. The highest BCUT2D eigenvalue weighted by Crippen LogP contribution is 2.32. The van der Waals surface area contributed by atoms with Crippen molar-refractivity contribution in [2.45, 2.75) is 45.7 Å². The summed E-state index contributed by atoms with van der Waals surface area (Å²) < 4.78 is 45.3.